The third-order valence-corrected chi connectivity index (χ3v) is 5.52. The van der Waals surface area contributed by atoms with Gasteiger partial charge in [-0.15, -0.1) is 0 Å². The zero-order valence-electron chi connectivity index (χ0n) is 16.1. The van der Waals surface area contributed by atoms with E-state index in [1.165, 1.54) is 19.1 Å². The molecule has 2 N–H and O–H groups in total. The fraction of sp³-hybridized carbons (Fsp3) is 0.250. The number of sulfone groups is 1. The normalized spacial score (nSPS) is 10.8. The quantitative estimate of drug-likeness (QED) is 0.635. The maximum Gasteiger partial charge on any atom is 0.307 e. The standard InChI is InChI=1S/C20H22N2O6S/c1-14-6-8-18(9-7-14)29(26,27)11-10-20(25)28-13-19(24)22-17-5-3-4-16(12-17)21-15(2)23/h3-9,12H,10-11,13H2,1-2H3,(H,21,23)(H,22,24). The van der Waals surface area contributed by atoms with E-state index in [1.807, 2.05) is 6.92 Å². The van der Waals surface area contributed by atoms with E-state index < -0.39 is 34.1 Å². The van der Waals surface area contributed by atoms with Gasteiger partial charge in [-0.1, -0.05) is 23.8 Å². The summed E-state index contributed by atoms with van der Waals surface area (Å²) >= 11 is 0. The summed E-state index contributed by atoms with van der Waals surface area (Å²) in [6.07, 6.45) is -0.360. The van der Waals surface area contributed by atoms with Crippen LogP contribution in [-0.2, 0) is 29.0 Å². The molecule has 2 rings (SSSR count). The minimum absolute atomic E-state index is 0.132. The van der Waals surface area contributed by atoms with Gasteiger partial charge in [-0.2, -0.15) is 0 Å². The van der Waals surface area contributed by atoms with Gasteiger partial charge in [0.15, 0.2) is 16.4 Å². The maximum absolute atomic E-state index is 12.2. The molecule has 2 aromatic carbocycles. The number of anilines is 2. The second kappa shape index (κ2) is 9.83. The highest BCUT2D eigenvalue weighted by Crippen LogP contribution is 2.15. The van der Waals surface area contributed by atoms with Crippen molar-refractivity contribution in [3.63, 3.8) is 0 Å². The van der Waals surface area contributed by atoms with Crippen LogP contribution in [0.3, 0.4) is 0 Å². The van der Waals surface area contributed by atoms with Gasteiger partial charge in [0, 0.05) is 18.3 Å². The van der Waals surface area contributed by atoms with E-state index in [0.29, 0.717) is 11.4 Å². The molecule has 154 valence electrons. The summed E-state index contributed by atoms with van der Waals surface area (Å²) in [6, 6.07) is 12.8. The number of aryl methyl sites for hydroxylation is 1. The summed E-state index contributed by atoms with van der Waals surface area (Å²) in [5.41, 5.74) is 1.85. The van der Waals surface area contributed by atoms with Crippen LogP contribution in [0.2, 0.25) is 0 Å². The van der Waals surface area contributed by atoms with Gasteiger partial charge in [-0.3, -0.25) is 14.4 Å². The van der Waals surface area contributed by atoms with Gasteiger partial charge in [0.1, 0.15) is 0 Å². The van der Waals surface area contributed by atoms with Crippen LogP contribution in [0.25, 0.3) is 0 Å². The zero-order chi connectivity index (χ0) is 21.4. The molecule has 0 saturated heterocycles. The number of carbonyl (C=O) groups excluding carboxylic acids is 3. The molecule has 0 spiro atoms. The lowest BCUT2D eigenvalue weighted by Gasteiger charge is -2.09. The van der Waals surface area contributed by atoms with Crippen LogP contribution < -0.4 is 10.6 Å². The fourth-order valence-corrected chi connectivity index (χ4v) is 3.60. The fourth-order valence-electron chi connectivity index (χ4n) is 2.37. The Bertz CT molecular complexity index is 1000. The van der Waals surface area contributed by atoms with Crippen molar-refractivity contribution in [2.45, 2.75) is 25.2 Å². The Kier molecular flexibility index (Phi) is 7.49. The highest BCUT2D eigenvalue weighted by atomic mass is 32.2. The van der Waals surface area contributed by atoms with Gasteiger partial charge in [0.25, 0.3) is 5.91 Å². The summed E-state index contributed by atoms with van der Waals surface area (Å²) in [5.74, 6) is -2.03. The van der Waals surface area contributed by atoms with E-state index in [4.69, 9.17) is 4.74 Å². The van der Waals surface area contributed by atoms with Crippen molar-refractivity contribution in [1.82, 2.24) is 0 Å². The van der Waals surface area contributed by atoms with Crippen LogP contribution in [0.4, 0.5) is 11.4 Å². The van der Waals surface area contributed by atoms with E-state index in [2.05, 4.69) is 10.6 Å². The molecule has 9 heteroatoms. The number of carbonyl (C=O) groups is 3. The second-order valence-corrected chi connectivity index (χ2v) is 8.46. The molecule has 2 amide bonds. The number of hydrogen-bond acceptors (Lipinski definition) is 6. The lowest BCUT2D eigenvalue weighted by molar-refractivity contribution is -0.146. The van der Waals surface area contributed by atoms with Crippen LogP contribution in [0, 0.1) is 6.92 Å². The molecule has 0 heterocycles. The molecule has 0 aliphatic carbocycles. The van der Waals surface area contributed by atoms with Crippen molar-refractivity contribution in [2.75, 3.05) is 23.0 Å². The SMILES string of the molecule is CC(=O)Nc1cccc(NC(=O)COC(=O)CCS(=O)(=O)c2ccc(C)cc2)c1. The van der Waals surface area contributed by atoms with Crippen molar-refractivity contribution in [3.8, 4) is 0 Å². The Morgan fingerprint density at radius 3 is 2.21 bits per heavy atom. The minimum atomic E-state index is -3.61. The molecular formula is C20H22N2O6S. The van der Waals surface area contributed by atoms with Crippen molar-refractivity contribution < 1.29 is 27.5 Å². The predicted octanol–water partition coefficient (Wildman–Crippen LogP) is 2.30. The summed E-state index contributed by atoms with van der Waals surface area (Å²) in [5, 5.41) is 5.11. The van der Waals surface area contributed by atoms with Gasteiger partial charge in [-0.25, -0.2) is 8.42 Å². The molecule has 0 atom stereocenters. The number of ether oxygens (including phenoxy) is 1. The van der Waals surface area contributed by atoms with Gasteiger partial charge >= 0.3 is 5.97 Å². The third kappa shape index (κ3) is 7.38. The van der Waals surface area contributed by atoms with Gasteiger partial charge in [0.05, 0.1) is 17.1 Å². The van der Waals surface area contributed by atoms with Crippen molar-refractivity contribution >= 4 is 39.0 Å². The molecule has 8 nitrogen and oxygen atoms in total. The first-order valence-corrected chi connectivity index (χ1v) is 10.4. The average Bonchev–Trinajstić information content (AvgIpc) is 2.65. The maximum atomic E-state index is 12.2. The number of amides is 2. The second-order valence-electron chi connectivity index (χ2n) is 6.35. The van der Waals surface area contributed by atoms with Crippen LogP contribution >= 0.6 is 0 Å². The topological polar surface area (TPSA) is 119 Å². The summed E-state index contributed by atoms with van der Waals surface area (Å²) in [4.78, 5) is 34.9. The molecule has 0 radical (unpaired) electrons. The lowest BCUT2D eigenvalue weighted by Crippen LogP contribution is -2.22. The Hall–Kier alpha value is -3.20. The molecular weight excluding hydrogens is 396 g/mol. The molecule has 0 bridgehead atoms. The third-order valence-electron chi connectivity index (χ3n) is 3.79. The van der Waals surface area contributed by atoms with Crippen LogP contribution in [0.15, 0.2) is 53.4 Å². The molecule has 0 aliphatic rings. The monoisotopic (exact) mass is 418 g/mol. The molecule has 0 unspecified atom stereocenters. The summed E-state index contributed by atoms with van der Waals surface area (Å²) < 4.78 is 29.3. The number of benzene rings is 2. The van der Waals surface area contributed by atoms with Gasteiger partial charge < -0.3 is 15.4 Å². The molecule has 29 heavy (non-hydrogen) atoms. The number of hydrogen-bond donors (Lipinski definition) is 2. The van der Waals surface area contributed by atoms with Crippen LogP contribution in [0.5, 0.6) is 0 Å². The first kappa shape index (κ1) is 22.1. The van der Waals surface area contributed by atoms with E-state index in [0.717, 1.165) is 5.56 Å². The number of esters is 1. The molecule has 0 aliphatic heterocycles. The molecule has 0 aromatic heterocycles. The largest absolute Gasteiger partial charge is 0.456 e. The highest BCUT2D eigenvalue weighted by Gasteiger charge is 2.17. The average molecular weight is 418 g/mol. The Morgan fingerprint density at radius 1 is 0.966 bits per heavy atom. The van der Waals surface area contributed by atoms with Crippen molar-refractivity contribution in [2.24, 2.45) is 0 Å². The van der Waals surface area contributed by atoms with Crippen LogP contribution in [-0.4, -0.2) is 38.6 Å². The lowest BCUT2D eigenvalue weighted by atomic mass is 10.2. The smallest absolute Gasteiger partial charge is 0.307 e. The van der Waals surface area contributed by atoms with Gasteiger partial charge in [0.2, 0.25) is 5.91 Å². The predicted molar refractivity (Wildman–Crippen MR) is 108 cm³/mol. The zero-order valence-corrected chi connectivity index (χ0v) is 16.9. The summed E-state index contributed by atoms with van der Waals surface area (Å²) in [6.45, 7) is 2.66. The minimum Gasteiger partial charge on any atom is -0.456 e. The first-order chi connectivity index (χ1) is 13.7. The van der Waals surface area contributed by atoms with E-state index in [9.17, 15) is 22.8 Å². The molecule has 0 saturated carbocycles. The molecule has 0 fully saturated rings. The van der Waals surface area contributed by atoms with E-state index in [1.54, 1.807) is 36.4 Å². The van der Waals surface area contributed by atoms with E-state index >= 15 is 0 Å². The van der Waals surface area contributed by atoms with Gasteiger partial charge in [-0.05, 0) is 37.3 Å². The first-order valence-electron chi connectivity index (χ1n) is 8.78. The number of nitrogens with one attached hydrogen (secondary N) is 2. The molecule has 2 aromatic rings. The number of rotatable bonds is 8. The highest BCUT2D eigenvalue weighted by molar-refractivity contribution is 7.91. The van der Waals surface area contributed by atoms with E-state index in [-0.39, 0.29) is 17.2 Å². The van der Waals surface area contributed by atoms with Crippen LogP contribution in [0.1, 0.15) is 18.9 Å². The van der Waals surface area contributed by atoms with Crippen molar-refractivity contribution in [1.29, 1.82) is 0 Å². The summed E-state index contributed by atoms with van der Waals surface area (Å²) in [7, 11) is -3.61. The Balaban J connectivity index is 1.80. The Morgan fingerprint density at radius 2 is 1.59 bits per heavy atom. The Labute approximate surface area is 169 Å². The van der Waals surface area contributed by atoms with Crippen molar-refractivity contribution in [3.05, 3.63) is 54.1 Å².